The van der Waals surface area contributed by atoms with E-state index in [4.69, 9.17) is 0 Å². The summed E-state index contributed by atoms with van der Waals surface area (Å²) in [6, 6.07) is 9.62. The average Bonchev–Trinajstić information content (AvgIpc) is 3.33. The highest BCUT2D eigenvalue weighted by Crippen LogP contribution is 2.34. The summed E-state index contributed by atoms with van der Waals surface area (Å²) in [6.07, 6.45) is 3.26. The van der Waals surface area contributed by atoms with Gasteiger partial charge >= 0.3 is 6.03 Å². The molecule has 0 radical (unpaired) electrons. The summed E-state index contributed by atoms with van der Waals surface area (Å²) >= 11 is 0. The van der Waals surface area contributed by atoms with Crippen LogP contribution in [0.25, 0.3) is 0 Å². The van der Waals surface area contributed by atoms with Crippen LogP contribution in [0.15, 0.2) is 30.3 Å². The second-order valence-corrected chi connectivity index (χ2v) is 6.74. The molecule has 124 valence electrons. The monoisotopic (exact) mass is 315 g/mol. The highest BCUT2D eigenvalue weighted by Gasteiger charge is 2.34. The number of benzene rings is 1. The molecule has 2 fully saturated rings. The number of nitrogens with one attached hydrogen (secondary N) is 1. The minimum atomic E-state index is -0.0246. The Balaban J connectivity index is 1.51. The van der Waals surface area contributed by atoms with Gasteiger partial charge in [0.2, 0.25) is 0 Å². The first-order valence-corrected chi connectivity index (χ1v) is 8.44. The number of hydrogen-bond acceptors (Lipinski definition) is 2. The molecule has 1 saturated heterocycles. The van der Waals surface area contributed by atoms with Crippen molar-refractivity contribution in [2.75, 3.05) is 20.1 Å². The molecular weight excluding hydrogens is 290 g/mol. The Morgan fingerprint density at radius 1 is 1.22 bits per heavy atom. The van der Waals surface area contributed by atoms with Gasteiger partial charge in [-0.05, 0) is 44.2 Å². The van der Waals surface area contributed by atoms with Crippen LogP contribution in [0.2, 0.25) is 0 Å². The van der Waals surface area contributed by atoms with Gasteiger partial charge in [0, 0.05) is 37.8 Å². The number of urea groups is 1. The Hall–Kier alpha value is -2.04. The maximum Gasteiger partial charge on any atom is 0.317 e. The Morgan fingerprint density at radius 3 is 2.57 bits per heavy atom. The highest BCUT2D eigenvalue weighted by molar-refractivity contribution is 5.94. The van der Waals surface area contributed by atoms with Crippen LogP contribution in [0.1, 0.15) is 36.5 Å². The Labute approximate surface area is 137 Å². The number of likely N-dealkylation sites (tertiary alicyclic amines) is 1. The lowest BCUT2D eigenvalue weighted by Crippen LogP contribution is -2.48. The number of nitrogens with zero attached hydrogens (tertiary/aromatic N) is 2. The number of carbonyl (C=O) groups excluding carboxylic acids is 2. The van der Waals surface area contributed by atoms with Gasteiger partial charge in [-0.15, -0.1) is 0 Å². The van der Waals surface area contributed by atoms with Gasteiger partial charge in [-0.3, -0.25) is 4.79 Å². The van der Waals surface area contributed by atoms with Gasteiger partial charge in [0.1, 0.15) is 0 Å². The molecule has 5 nitrogen and oxygen atoms in total. The van der Waals surface area contributed by atoms with Gasteiger partial charge in [-0.1, -0.05) is 18.2 Å². The topological polar surface area (TPSA) is 52.7 Å². The van der Waals surface area contributed by atoms with Gasteiger partial charge in [0.05, 0.1) is 0 Å². The van der Waals surface area contributed by atoms with E-state index in [1.807, 2.05) is 42.3 Å². The zero-order valence-corrected chi connectivity index (χ0v) is 13.9. The Bertz CT molecular complexity index is 571. The molecule has 3 rings (SSSR count). The van der Waals surface area contributed by atoms with Crippen LogP contribution in [0.5, 0.6) is 0 Å². The minimum Gasteiger partial charge on any atom is -0.337 e. The molecule has 1 aromatic rings. The van der Waals surface area contributed by atoms with Gasteiger partial charge < -0.3 is 15.1 Å². The predicted molar refractivity (Wildman–Crippen MR) is 89.2 cm³/mol. The summed E-state index contributed by atoms with van der Waals surface area (Å²) in [5.74, 6) is 0.701. The van der Waals surface area contributed by atoms with Crippen LogP contribution in [0.4, 0.5) is 4.79 Å². The third kappa shape index (κ3) is 3.66. The van der Waals surface area contributed by atoms with E-state index in [0.29, 0.717) is 30.6 Å². The first kappa shape index (κ1) is 15.8. The van der Waals surface area contributed by atoms with Crippen LogP contribution in [0, 0.1) is 5.92 Å². The summed E-state index contributed by atoms with van der Waals surface area (Å²) < 4.78 is 0. The van der Waals surface area contributed by atoms with Crippen LogP contribution in [-0.2, 0) is 0 Å². The number of carbonyl (C=O) groups is 2. The minimum absolute atomic E-state index is 0.0246. The van der Waals surface area contributed by atoms with Crippen molar-refractivity contribution in [3.8, 4) is 0 Å². The molecule has 1 aliphatic carbocycles. The van der Waals surface area contributed by atoms with E-state index in [0.717, 1.165) is 6.42 Å². The molecule has 1 saturated carbocycles. The van der Waals surface area contributed by atoms with Crippen LogP contribution in [-0.4, -0.2) is 54.0 Å². The SMILES string of the molecule is C[C@H](C1CC1)N(C)C(=O)N[C@H]1CCN(C(=O)c2ccccc2)C1. The first-order valence-electron chi connectivity index (χ1n) is 8.44. The molecule has 0 unspecified atom stereocenters. The van der Waals surface area contributed by atoms with Crippen molar-refractivity contribution in [3.63, 3.8) is 0 Å². The summed E-state index contributed by atoms with van der Waals surface area (Å²) in [7, 11) is 1.86. The second-order valence-electron chi connectivity index (χ2n) is 6.74. The quantitative estimate of drug-likeness (QED) is 0.927. The molecule has 0 bridgehead atoms. The molecule has 1 heterocycles. The molecule has 0 aromatic heterocycles. The fourth-order valence-electron chi connectivity index (χ4n) is 3.18. The lowest BCUT2D eigenvalue weighted by Gasteiger charge is -2.27. The van der Waals surface area contributed by atoms with Gasteiger partial charge in [0.25, 0.3) is 5.91 Å². The van der Waals surface area contributed by atoms with E-state index in [-0.39, 0.29) is 18.0 Å². The number of rotatable bonds is 4. The smallest absolute Gasteiger partial charge is 0.317 e. The van der Waals surface area contributed by atoms with Crippen molar-refractivity contribution >= 4 is 11.9 Å². The Kier molecular flexibility index (Phi) is 4.55. The molecule has 0 spiro atoms. The molecule has 2 aliphatic rings. The molecule has 3 amide bonds. The Morgan fingerprint density at radius 2 is 1.91 bits per heavy atom. The first-order chi connectivity index (χ1) is 11.1. The molecule has 2 atom stereocenters. The maximum atomic E-state index is 12.4. The summed E-state index contributed by atoms with van der Waals surface area (Å²) in [5, 5.41) is 3.07. The standard InChI is InChI=1S/C18H25N3O2/c1-13(14-8-9-14)20(2)18(23)19-16-10-11-21(12-16)17(22)15-6-4-3-5-7-15/h3-7,13-14,16H,8-12H2,1-2H3,(H,19,23)/t13-,16+/m1/s1. The molecule has 1 N–H and O–H groups in total. The maximum absolute atomic E-state index is 12.4. The fraction of sp³-hybridized carbons (Fsp3) is 0.556. The van der Waals surface area contributed by atoms with Gasteiger partial charge in [0.15, 0.2) is 0 Å². The second kappa shape index (κ2) is 6.60. The molecule has 1 aromatic carbocycles. The molecular formula is C18H25N3O2. The van der Waals surface area contributed by atoms with Crippen molar-refractivity contribution in [1.82, 2.24) is 15.1 Å². The zero-order valence-electron chi connectivity index (χ0n) is 13.9. The van der Waals surface area contributed by atoms with Crippen molar-refractivity contribution in [3.05, 3.63) is 35.9 Å². The molecule has 1 aliphatic heterocycles. The lowest BCUT2D eigenvalue weighted by atomic mass is 10.2. The average molecular weight is 315 g/mol. The van der Waals surface area contributed by atoms with Gasteiger partial charge in [-0.25, -0.2) is 4.79 Å². The normalized spacial score (nSPS) is 21.8. The molecule has 23 heavy (non-hydrogen) atoms. The zero-order chi connectivity index (χ0) is 16.4. The van der Waals surface area contributed by atoms with Crippen molar-refractivity contribution in [1.29, 1.82) is 0 Å². The third-order valence-corrected chi connectivity index (χ3v) is 5.06. The highest BCUT2D eigenvalue weighted by atomic mass is 16.2. The fourth-order valence-corrected chi connectivity index (χ4v) is 3.18. The van der Waals surface area contributed by atoms with E-state index in [9.17, 15) is 9.59 Å². The molecule has 5 heteroatoms. The van der Waals surface area contributed by atoms with E-state index in [1.54, 1.807) is 4.90 Å². The van der Waals surface area contributed by atoms with Gasteiger partial charge in [-0.2, -0.15) is 0 Å². The van der Waals surface area contributed by atoms with E-state index >= 15 is 0 Å². The van der Waals surface area contributed by atoms with Crippen molar-refractivity contribution < 1.29 is 9.59 Å². The van der Waals surface area contributed by atoms with E-state index < -0.39 is 0 Å². The third-order valence-electron chi connectivity index (χ3n) is 5.06. The van der Waals surface area contributed by atoms with Crippen LogP contribution in [0.3, 0.4) is 0 Å². The van der Waals surface area contributed by atoms with Crippen LogP contribution < -0.4 is 5.32 Å². The number of hydrogen-bond donors (Lipinski definition) is 1. The van der Waals surface area contributed by atoms with E-state index in [2.05, 4.69) is 12.2 Å². The van der Waals surface area contributed by atoms with Crippen LogP contribution >= 0.6 is 0 Å². The van der Waals surface area contributed by atoms with Crippen molar-refractivity contribution in [2.24, 2.45) is 5.92 Å². The van der Waals surface area contributed by atoms with E-state index in [1.165, 1.54) is 12.8 Å². The predicted octanol–water partition coefficient (Wildman–Crippen LogP) is 2.34. The summed E-state index contributed by atoms with van der Waals surface area (Å²) in [4.78, 5) is 28.4. The lowest BCUT2D eigenvalue weighted by molar-refractivity contribution is 0.0788. The summed E-state index contributed by atoms with van der Waals surface area (Å²) in [5.41, 5.74) is 0.707. The summed E-state index contributed by atoms with van der Waals surface area (Å²) in [6.45, 7) is 3.39. The number of amides is 3. The largest absolute Gasteiger partial charge is 0.337 e. The van der Waals surface area contributed by atoms with Crippen molar-refractivity contribution in [2.45, 2.75) is 38.3 Å².